The van der Waals surface area contributed by atoms with Crippen molar-refractivity contribution in [1.29, 1.82) is 0 Å². The molecule has 0 saturated carbocycles. The maximum atomic E-state index is 12.4. The van der Waals surface area contributed by atoms with Gasteiger partial charge in [-0.25, -0.2) is 9.78 Å². The van der Waals surface area contributed by atoms with Crippen molar-refractivity contribution >= 4 is 34.7 Å². The lowest BCUT2D eigenvalue weighted by Crippen LogP contribution is -2.44. The molecule has 3 aromatic carbocycles. The number of likely N-dealkylation sites (tertiary alicyclic amines) is 1. The number of halogens is 1. The molecular weight excluding hydrogens is 634 g/mol. The van der Waals surface area contributed by atoms with Crippen molar-refractivity contribution < 1.29 is 33.3 Å². The Morgan fingerprint density at radius 1 is 0.938 bits per heavy atom. The molecule has 5 rings (SSSR count). The summed E-state index contributed by atoms with van der Waals surface area (Å²) in [4.78, 5) is 31.0. The van der Waals surface area contributed by atoms with Crippen LogP contribution in [0.5, 0.6) is 17.2 Å². The second-order valence-corrected chi connectivity index (χ2v) is 13.2. The standard InChI is InChI=1S/C37H44ClN3O7/c1-6-44-35(42)16-10-26-9-13-29(22-33(26)46-23-25-7-11-27(38)12-8-25)45-24-34-39-31-15-14-30(21-32(31)40(34)5)47-28-17-19-41(20-18-28)36(43)48-37(2,3)4/h7-9,11-15,21-22,28H,6,10,16-20,23-24H2,1-5H3. The maximum Gasteiger partial charge on any atom is 0.410 e. The van der Waals surface area contributed by atoms with Crippen molar-refractivity contribution in [2.24, 2.45) is 7.05 Å². The average molecular weight is 678 g/mol. The van der Waals surface area contributed by atoms with Crippen LogP contribution in [0, 0.1) is 0 Å². The van der Waals surface area contributed by atoms with Gasteiger partial charge in [0.15, 0.2) is 0 Å². The third-order valence-corrected chi connectivity index (χ3v) is 8.21. The van der Waals surface area contributed by atoms with Crippen LogP contribution >= 0.6 is 11.6 Å². The Balaban J connectivity index is 1.22. The first-order valence-corrected chi connectivity index (χ1v) is 16.7. The predicted molar refractivity (Wildman–Crippen MR) is 184 cm³/mol. The molecule has 4 aromatic rings. The van der Waals surface area contributed by atoms with E-state index in [1.54, 1.807) is 11.8 Å². The van der Waals surface area contributed by atoms with Gasteiger partial charge in [-0.3, -0.25) is 4.79 Å². The fraction of sp³-hybridized carbons (Fsp3) is 0.432. The number of aryl methyl sites for hydroxylation is 2. The van der Waals surface area contributed by atoms with Gasteiger partial charge in [-0.05, 0) is 75.6 Å². The lowest BCUT2D eigenvalue weighted by molar-refractivity contribution is -0.143. The van der Waals surface area contributed by atoms with Gasteiger partial charge in [0.05, 0.1) is 17.6 Å². The van der Waals surface area contributed by atoms with E-state index in [-0.39, 0.29) is 31.2 Å². The Hall–Kier alpha value is -4.44. The van der Waals surface area contributed by atoms with E-state index in [1.807, 2.05) is 93.0 Å². The summed E-state index contributed by atoms with van der Waals surface area (Å²) < 4.78 is 31.3. The molecule has 0 N–H and O–H groups in total. The number of carbonyl (C=O) groups excluding carboxylic acids is 2. The van der Waals surface area contributed by atoms with Crippen molar-refractivity contribution in [3.63, 3.8) is 0 Å². The van der Waals surface area contributed by atoms with E-state index < -0.39 is 5.60 Å². The molecule has 256 valence electrons. The van der Waals surface area contributed by atoms with E-state index in [0.29, 0.717) is 49.2 Å². The number of nitrogens with zero attached hydrogens (tertiary/aromatic N) is 3. The quantitative estimate of drug-likeness (QED) is 0.141. The van der Waals surface area contributed by atoms with Crippen molar-refractivity contribution in [2.45, 2.75) is 78.3 Å². The molecule has 0 radical (unpaired) electrons. The van der Waals surface area contributed by atoms with Gasteiger partial charge < -0.3 is 33.2 Å². The number of carbonyl (C=O) groups is 2. The van der Waals surface area contributed by atoms with E-state index in [1.165, 1.54) is 0 Å². The summed E-state index contributed by atoms with van der Waals surface area (Å²) in [5.74, 6) is 2.52. The minimum atomic E-state index is -0.514. The highest BCUT2D eigenvalue weighted by atomic mass is 35.5. The Morgan fingerprint density at radius 3 is 2.38 bits per heavy atom. The van der Waals surface area contributed by atoms with Crippen LogP contribution in [-0.2, 0) is 41.0 Å². The normalized spacial score (nSPS) is 13.8. The number of ether oxygens (including phenoxy) is 5. The molecular formula is C37H44ClN3O7. The highest BCUT2D eigenvalue weighted by Crippen LogP contribution is 2.29. The number of imidazole rings is 1. The summed E-state index contributed by atoms with van der Waals surface area (Å²) >= 11 is 6.04. The molecule has 1 aromatic heterocycles. The largest absolute Gasteiger partial charge is 0.490 e. The summed E-state index contributed by atoms with van der Waals surface area (Å²) in [6.07, 6.45) is 1.92. The second-order valence-electron chi connectivity index (χ2n) is 12.8. The van der Waals surface area contributed by atoms with Gasteiger partial charge in [0.1, 0.15) is 48.0 Å². The van der Waals surface area contributed by atoms with Crippen molar-refractivity contribution in [2.75, 3.05) is 19.7 Å². The smallest absolute Gasteiger partial charge is 0.410 e. The van der Waals surface area contributed by atoms with Crippen LogP contribution in [-0.4, -0.2) is 57.9 Å². The minimum Gasteiger partial charge on any atom is -0.490 e. The minimum absolute atomic E-state index is 0.00790. The molecule has 0 bridgehead atoms. The van der Waals surface area contributed by atoms with Gasteiger partial charge in [0.2, 0.25) is 0 Å². The summed E-state index contributed by atoms with van der Waals surface area (Å²) in [5.41, 5.74) is 3.11. The lowest BCUT2D eigenvalue weighted by atomic mass is 10.1. The molecule has 0 spiro atoms. The average Bonchev–Trinajstić information content (AvgIpc) is 3.37. The second kappa shape index (κ2) is 15.6. The van der Waals surface area contributed by atoms with Crippen LogP contribution in [0.2, 0.25) is 5.02 Å². The molecule has 1 saturated heterocycles. The molecule has 10 nitrogen and oxygen atoms in total. The Bertz CT molecular complexity index is 1710. The number of amides is 1. The van der Waals surface area contributed by atoms with Gasteiger partial charge in [0, 0.05) is 56.6 Å². The van der Waals surface area contributed by atoms with Crippen molar-refractivity contribution in [3.05, 3.63) is 82.6 Å². The highest BCUT2D eigenvalue weighted by molar-refractivity contribution is 6.30. The molecule has 0 unspecified atom stereocenters. The summed E-state index contributed by atoms with van der Waals surface area (Å²) in [6, 6.07) is 19.0. The van der Waals surface area contributed by atoms with Crippen LogP contribution in [0.15, 0.2) is 60.7 Å². The van der Waals surface area contributed by atoms with E-state index in [0.717, 1.165) is 46.6 Å². The number of hydrogen-bond donors (Lipinski definition) is 0. The van der Waals surface area contributed by atoms with Crippen LogP contribution in [0.1, 0.15) is 63.9 Å². The first-order valence-electron chi connectivity index (χ1n) is 16.4. The molecule has 0 aliphatic carbocycles. The monoisotopic (exact) mass is 677 g/mol. The number of aromatic nitrogens is 2. The third-order valence-electron chi connectivity index (χ3n) is 7.96. The van der Waals surface area contributed by atoms with Gasteiger partial charge >= 0.3 is 12.1 Å². The molecule has 2 heterocycles. The number of piperidine rings is 1. The number of rotatable bonds is 12. The molecule has 48 heavy (non-hydrogen) atoms. The fourth-order valence-corrected chi connectivity index (χ4v) is 5.55. The van der Waals surface area contributed by atoms with E-state index in [9.17, 15) is 9.59 Å². The van der Waals surface area contributed by atoms with E-state index in [2.05, 4.69) is 0 Å². The topological polar surface area (TPSA) is 101 Å². The van der Waals surface area contributed by atoms with E-state index in [4.69, 9.17) is 40.3 Å². The summed E-state index contributed by atoms with van der Waals surface area (Å²) in [7, 11) is 1.95. The molecule has 11 heteroatoms. The van der Waals surface area contributed by atoms with Crippen LogP contribution in [0.4, 0.5) is 4.79 Å². The third kappa shape index (κ3) is 9.56. The Morgan fingerprint density at radius 2 is 1.67 bits per heavy atom. The molecule has 1 fully saturated rings. The van der Waals surface area contributed by atoms with Crippen molar-refractivity contribution in [1.82, 2.24) is 14.5 Å². The number of fused-ring (bicyclic) bond motifs is 1. The maximum absolute atomic E-state index is 12.4. The van der Waals surface area contributed by atoms with Gasteiger partial charge in [-0.1, -0.05) is 29.8 Å². The first-order chi connectivity index (χ1) is 23.0. The first kappa shape index (κ1) is 34.9. The lowest BCUT2D eigenvalue weighted by Gasteiger charge is -2.33. The zero-order valence-corrected chi connectivity index (χ0v) is 29.0. The van der Waals surface area contributed by atoms with Gasteiger partial charge in [-0.2, -0.15) is 0 Å². The highest BCUT2D eigenvalue weighted by Gasteiger charge is 2.28. The van der Waals surface area contributed by atoms with Gasteiger partial charge in [0.25, 0.3) is 0 Å². The predicted octanol–water partition coefficient (Wildman–Crippen LogP) is 7.66. The number of hydrogen-bond acceptors (Lipinski definition) is 8. The summed E-state index contributed by atoms with van der Waals surface area (Å²) in [6.45, 7) is 9.52. The zero-order valence-electron chi connectivity index (χ0n) is 28.3. The SMILES string of the molecule is CCOC(=O)CCc1ccc(OCc2nc3ccc(OC4CCN(C(=O)OC(C)(C)C)CC4)cc3n2C)cc1OCc1ccc(Cl)cc1. The van der Waals surface area contributed by atoms with Crippen molar-refractivity contribution in [3.8, 4) is 17.2 Å². The molecule has 1 aliphatic heterocycles. The zero-order chi connectivity index (χ0) is 34.3. The molecule has 1 amide bonds. The van der Waals surface area contributed by atoms with E-state index >= 15 is 0 Å². The number of esters is 1. The molecule has 1 aliphatic rings. The Kier molecular flexibility index (Phi) is 11.4. The van der Waals surface area contributed by atoms with Crippen LogP contribution < -0.4 is 14.2 Å². The fourth-order valence-electron chi connectivity index (χ4n) is 5.42. The molecule has 0 atom stereocenters. The number of benzene rings is 3. The van der Waals surface area contributed by atoms with Crippen LogP contribution in [0.25, 0.3) is 11.0 Å². The van der Waals surface area contributed by atoms with Gasteiger partial charge in [-0.15, -0.1) is 0 Å². The summed E-state index contributed by atoms with van der Waals surface area (Å²) in [5, 5.41) is 0.660. The Labute approximate surface area is 286 Å². The van der Waals surface area contributed by atoms with Crippen LogP contribution in [0.3, 0.4) is 0 Å².